The van der Waals surface area contributed by atoms with Crippen molar-refractivity contribution in [3.05, 3.63) is 100 Å². The van der Waals surface area contributed by atoms with Gasteiger partial charge in [-0.1, -0.05) is 91.1 Å². The Morgan fingerprint density at radius 2 is 1.49 bits per heavy atom. The molecule has 3 aromatic rings. The average molecular weight is 619 g/mol. The van der Waals surface area contributed by atoms with E-state index in [2.05, 4.69) is 5.32 Å². The molecule has 1 unspecified atom stereocenters. The molecule has 0 bridgehead atoms. The number of benzene rings is 3. The standard InChI is InChI=1S/C31H37Cl2N3O4S/c1-3-4-20-34-31(38)29(22-24-13-7-5-8-14-24)36(23-26-27(32)17-11-18-28(26)33)30(37)19-12-21-35(2)41(39,40)25-15-9-6-10-16-25/h5-11,13-18,29H,3-4,12,19-23H2,1-2H3,(H,34,38). The number of carbonyl (C=O) groups excluding carboxylic acids is 2. The number of amides is 2. The predicted octanol–water partition coefficient (Wildman–Crippen LogP) is 5.95. The number of hydrogen-bond donors (Lipinski definition) is 1. The first kappa shape index (κ1) is 32.6. The lowest BCUT2D eigenvalue weighted by Crippen LogP contribution is -2.50. The van der Waals surface area contributed by atoms with Gasteiger partial charge in [-0.2, -0.15) is 0 Å². The number of nitrogens with zero attached hydrogens (tertiary/aromatic N) is 2. The van der Waals surface area contributed by atoms with Crippen LogP contribution < -0.4 is 5.32 Å². The third-order valence-electron chi connectivity index (χ3n) is 6.81. The number of rotatable bonds is 15. The molecule has 220 valence electrons. The van der Waals surface area contributed by atoms with E-state index in [1.807, 2.05) is 37.3 Å². The molecule has 7 nitrogen and oxygen atoms in total. The van der Waals surface area contributed by atoms with Crippen molar-refractivity contribution in [2.45, 2.75) is 56.5 Å². The van der Waals surface area contributed by atoms with Crippen LogP contribution in [0.4, 0.5) is 0 Å². The van der Waals surface area contributed by atoms with Crippen molar-refractivity contribution in [3.63, 3.8) is 0 Å². The van der Waals surface area contributed by atoms with Gasteiger partial charge in [-0.25, -0.2) is 12.7 Å². The zero-order valence-corrected chi connectivity index (χ0v) is 25.8. The molecule has 0 radical (unpaired) electrons. The minimum absolute atomic E-state index is 0.0320. The Hall–Kier alpha value is -2.91. The van der Waals surface area contributed by atoms with E-state index in [9.17, 15) is 18.0 Å². The smallest absolute Gasteiger partial charge is 0.243 e. The highest BCUT2D eigenvalue weighted by molar-refractivity contribution is 7.89. The van der Waals surface area contributed by atoms with Crippen LogP contribution in [0.3, 0.4) is 0 Å². The summed E-state index contributed by atoms with van der Waals surface area (Å²) in [6.45, 7) is 2.71. The predicted molar refractivity (Wildman–Crippen MR) is 164 cm³/mol. The Kier molecular flexibility index (Phi) is 12.7. The molecule has 0 saturated heterocycles. The van der Waals surface area contributed by atoms with Crippen LogP contribution in [0.25, 0.3) is 0 Å². The van der Waals surface area contributed by atoms with Gasteiger partial charge in [-0.15, -0.1) is 0 Å². The van der Waals surface area contributed by atoms with E-state index in [1.165, 1.54) is 28.4 Å². The van der Waals surface area contributed by atoms with Crippen LogP contribution in [-0.2, 0) is 32.6 Å². The summed E-state index contributed by atoms with van der Waals surface area (Å²) in [4.78, 5) is 29.1. The highest BCUT2D eigenvalue weighted by atomic mass is 35.5. The fraction of sp³-hybridized carbons (Fsp3) is 0.355. The first-order valence-electron chi connectivity index (χ1n) is 13.7. The Morgan fingerprint density at radius 1 is 0.878 bits per heavy atom. The molecule has 3 rings (SSSR count). The fourth-order valence-electron chi connectivity index (χ4n) is 4.40. The van der Waals surface area contributed by atoms with E-state index in [1.54, 1.807) is 36.4 Å². The van der Waals surface area contributed by atoms with Crippen LogP contribution in [0.1, 0.15) is 43.7 Å². The van der Waals surface area contributed by atoms with Gasteiger partial charge in [-0.3, -0.25) is 9.59 Å². The summed E-state index contributed by atoms with van der Waals surface area (Å²) in [6, 6.07) is 22.0. The molecule has 2 amide bonds. The number of unbranched alkanes of at least 4 members (excludes halogenated alkanes) is 1. The van der Waals surface area contributed by atoms with Crippen molar-refractivity contribution < 1.29 is 18.0 Å². The van der Waals surface area contributed by atoms with Crippen LogP contribution >= 0.6 is 23.2 Å². The van der Waals surface area contributed by atoms with Crippen molar-refractivity contribution in [2.75, 3.05) is 20.1 Å². The van der Waals surface area contributed by atoms with E-state index in [0.29, 0.717) is 28.6 Å². The van der Waals surface area contributed by atoms with E-state index in [-0.39, 0.29) is 42.6 Å². The van der Waals surface area contributed by atoms with Gasteiger partial charge < -0.3 is 10.2 Å². The van der Waals surface area contributed by atoms with Gasteiger partial charge in [0, 0.05) is 55.1 Å². The van der Waals surface area contributed by atoms with Gasteiger partial charge >= 0.3 is 0 Å². The quantitative estimate of drug-likeness (QED) is 0.213. The molecule has 0 saturated carbocycles. The highest BCUT2D eigenvalue weighted by Gasteiger charge is 2.31. The van der Waals surface area contributed by atoms with Gasteiger partial charge in [0.1, 0.15) is 6.04 Å². The molecule has 41 heavy (non-hydrogen) atoms. The SMILES string of the molecule is CCCCNC(=O)C(Cc1ccccc1)N(Cc1c(Cl)cccc1Cl)C(=O)CCCN(C)S(=O)(=O)c1ccccc1. The van der Waals surface area contributed by atoms with Crippen LogP contribution in [0.2, 0.25) is 10.0 Å². The summed E-state index contributed by atoms with van der Waals surface area (Å²) < 4.78 is 27.1. The molecule has 0 heterocycles. The second-order valence-electron chi connectivity index (χ2n) is 9.82. The molecule has 0 aromatic heterocycles. The second-order valence-corrected chi connectivity index (χ2v) is 12.7. The summed E-state index contributed by atoms with van der Waals surface area (Å²) >= 11 is 13.0. The largest absolute Gasteiger partial charge is 0.354 e. The molecule has 0 fully saturated rings. The molecular weight excluding hydrogens is 581 g/mol. The second kappa shape index (κ2) is 15.9. The molecule has 1 atom stereocenters. The molecule has 0 aliphatic heterocycles. The number of nitrogens with one attached hydrogen (secondary N) is 1. The Labute approximate surface area is 253 Å². The lowest BCUT2D eigenvalue weighted by atomic mass is 10.0. The third-order valence-corrected chi connectivity index (χ3v) is 9.39. The van der Waals surface area contributed by atoms with Crippen molar-refractivity contribution in [2.24, 2.45) is 0 Å². The Bertz CT molecular complexity index is 1370. The van der Waals surface area contributed by atoms with Crippen LogP contribution in [-0.4, -0.2) is 55.6 Å². The lowest BCUT2D eigenvalue weighted by molar-refractivity contribution is -0.141. The fourth-order valence-corrected chi connectivity index (χ4v) is 6.15. The summed E-state index contributed by atoms with van der Waals surface area (Å²) in [5, 5.41) is 3.77. The van der Waals surface area contributed by atoms with Gasteiger partial charge in [0.25, 0.3) is 0 Å². The number of halogens is 2. The summed E-state index contributed by atoms with van der Waals surface area (Å²) in [5.41, 5.74) is 1.45. The molecule has 0 spiro atoms. The lowest BCUT2D eigenvalue weighted by Gasteiger charge is -2.32. The van der Waals surface area contributed by atoms with E-state index in [4.69, 9.17) is 23.2 Å². The maximum Gasteiger partial charge on any atom is 0.243 e. The van der Waals surface area contributed by atoms with Crippen molar-refractivity contribution in [1.29, 1.82) is 0 Å². The summed E-state index contributed by atoms with van der Waals surface area (Å²) in [6.07, 6.45) is 2.33. The molecule has 10 heteroatoms. The van der Waals surface area contributed by atoms with Gasteiger partial charge in [0.15, 0.2) is 0 Å². The first-order valence-corrected chi connectivity index (χ1v) is 15.9. The van der Waals surface area contributed by atoms with Crippen LogP contribution in [0.15, 0.2) is 83.8 Å². The van der Waals surface area contributed by atoms with E-state index in [0.717, 1.165) is 18.4 Å². The average Bonchev–Trinajstić information content (AvgIpc) is 2.97. The highest BCUT2D eigenvalue weighted by Crippen LogP contribution is 2.28. The molecule has 1 N–H and O–H groups in total. The van der Waals surface area contributed by atoms with E-state index < -0.39 is 16.1 Å². The maximum atomic E-state index is 13.8. The number of hydrogen-bond acceptors (Lipinski definition) is 4. The van der Waals surface area contributed by atoms with E-state index >= 15 is 0 Å². The monoisotopic (exact) mass is 617 g/mol. The molecule has 0 aliphatic rings. The third kappa shape index (κ3) is 9.30. The number of carbonyl (C=O) groups is 2. The van der Waals surface area contributed by atoms with Crippen LogP contribution in [0.5, 0.6) is 0 Å². The Morgan fingerprint density at radius 3 is 2.10 bits per heavy atom. The van der Waals surface area contributed by atoms with Crippen molar-refractivity contribution >= 4 is 45.0 Å². The maximum absolute atomic E-state index is 13.8. The number of sulfonamides is 1. The van der Waals surface area contributed by atoms with Gasteiger partial charge in [0.05, 0.1) is 4.90 Å². The van der Waals surface area contributed by atoms with Gasteiger partial charge in [-0.05, 0) is 42.7 Å². The van der Waals surface area contributed by atoms with Crippen molar-refractivity contribution in [1.82, 2.24) is 14.5 Å². The molecule has 0 aliphatic carbocycles. The minimum atomic E-state index is -3.69. The Balaban J connectivity index is 1.86. The molecule has 3 aromatic carbocycles. The summed E-state index contributed by atoms with van der Waals surface area (Å²) in [5.74, 6) is -0.555. The normalized spacial score (nSPS) is 12.2. The minimum Gasteiger partial charge on any atom is -0.354 e. The topological polar surface area (TPSA) is 86.8 Å². The zero-order valence-electron chi connectivity index (χ0n) is 23.4. The van der Waals surface area contributed by atoms with Crippen LogP contribution in [0, 0.1) is 0 Å². The van der Waals surface area contributed by atoms with Gasteiger partial charge in [0.2, 0.25) is 21.8 Å². The zero-order chi connectivity index (χ0) is 29.8. The summed E-state index contributed by atoms with van der Waals surface area (Å²) in [7, 11) is -2.20. The first-order chi connectivity index (χ1) is 19.6. The van der Waals surface area contributed by atoms with Crippen molar-refractivity contribution in [3.8, 4) is 0 Å². The molecular formula is C31H37Cl2N3O4S.